The molecule has 2 rings (SSSR count). The first kappa shape index (κ1) is 15.2. The van der Waals surface area contributed by atoms with Gasteiger partial charge in [0.25, 0.3) is 0 Å². The maximum atomic E-state index is 11.6. The molecule has 19 heavy (non-hydrogen) atoms. The summed E-state index contributed by atoms with van der Waals surface area (Å²) >= 11 is 0. The molecule has 2 N–H and O–H groups in total. The molecular weight excluding hydrogens is 262 g/mol. The molecular formula is C13H27N3O2S. The fourth-order valence-electron chi connectivity index (χ4n) is 3.25. The molecule has 1 saturated carbocycles. The maximum Gasteiger partial charge on any atom is 0.210 e. The molecule has 0 spiro atoms. The van der Waals surface area contributed by atoms with Crippen LogP contribution in [0.1, 0.15) is 38.5 Å². The van der Waals surface area contributed by atoms with Crippen molar-refractivity contribution in [2.75, 3.05) is 32.4 Å². The van der Waals surface area contributed by atoms with Gasteiger partial charge in [-0.1, -0.05) is 32.1 Å². The topological polar surface area (TPSA) is 61.4 Å². The van der Waals surface area contributed by atoms with Crippen molar-refractivity contribution in [3.8, 4) is 0 Å². The molecule has 0 bridgehead atoms. The van der Waals surface area contributed by atoms with Gasteiger partial charge in [0.1, 0.15) is 0 Å². The molecule has 0 radical (unpaired) electrons. The van der Waals surface area contributed by atoms with Crippen molar-refractivity contribution in [1.82, 2.24) is 14.9 Å². The minimum atomic E-state index is -3.14. The highest BCUT2D eigenvalue weighted by atomic mass is 32.2. The smallest absolute Gasteiger partial charge is 0.210 e. The van der Waals surface area contributed by atoms with Crippen LogP contribution in [0, 0.1) is 5.92 Å². The molecule has 112 valence electrons. The quantitative estimate of drug-likeness (QED) is 0.783. The molecule has 1 saturated heterocycles. The van der Waals surface area contributed by atoms with Crippen LogP contribution in [0.4, 0.5) is 0 Å². The first-order valence-corrected chi connectivity index (χ1v) is 9.36. The van der Waals surface area contributed by atoms with Gasteiger partial charge in [-0.05, 0) is 12.3 Å². The highest BCUT2D eigenvalue weighted by Gasteiger charge is 2.26. The summed E-state index contributed by atoms with van der Waals surface area (Å²) in [6.07, 6.45) is 8.68. The van der Waals surface area contributed by atoms with E-state index in [9.17, 15) is 8.42 Å². The van der Waals surface area contributed by atoms with Crippen LogP contribution in [0.25, 0.3) is 0 Å². The third-order valence-electron chi connectivity index (χ3n) is 4.22. The number of sulfonamides is 1. The molecule has 5 nitrogen and oxygen atoms in total. The minimum Gasteiger partial charge on any atom is -0.314 e. The molecule has 0 aromatic heterocycles. The zero-order valence-corrected chi connectivity index (χ0v) is 12.7. The van der Waals surface area contributed by atoms with Crippen LogP contribution in [0.15, 0.2) is 0 Å². The van der Waals surface area contributed by atoms with Crippen LogP contribution in [0.5, 0.6) is 0 Å². The summed E-state index contributed by atoms with van der Waals surface area (Å²) in [6, 6.07) is 0. The largest absolute Gasteiger partial charge is 0.314 e. The van der Waals surface area contributed by atoms with E-state index < -0.39 is 10.0 Å². The number of hydrogen-bond donors (Lipinski definition) is 2. The molecule has 6 heteroatoms. The Morgan fingerprint density at radius 1 is 1.21 bits per heavy atom. The van der Waals surface area contributed by atoms with E-state index in [2.05, 4.69) is 14.9 Å². The van der Waals surface area contributed by atoms with E-state index in [1.165, 1.54) is 38.4 Å². The highest BCUT2D eigenvalue weighted by Crippen LogP contribution is 2.28. The summed E-state index contributed by atoms with van der Waals surface area (Å²) in [6.45, 7) is 3.76. The number of nitrogens with one attached hydrogen (secondary N) is 2. The van der Waals surface area contributed by atoms with Crippen LogP contribution >= 0.6 is 0 Å². The van der Waals surface area contributed by atoms with Gasteiger partial charge in [-0.25, -0.2) is 8.42 Å². The molecule has 1 unspecified atom stereocenters. The van der Waals surface area contributed by atoms with E-state index in [4.69, 9.17) is 0 Å². The van der Waals surface area contributed by atoms with Crippen molar-refractivity contribution in [2.24, 2.45) is 5.92 Å². The van der Waals surface area contributed by atoms with Gasteiger partial charge >= 0.3 is 0 Å². The lowest BCUT2D eigenvalue weighted by Crippen LogP contribution is -2.55. The lowest BCUT2D eigenvalue weighted by molar-refractivity contribution is 0.131. The lowest BCUT2D eigenvalue weighted by atomic mass is 9.86. The molecule has 1 aliphatic carbocycles. The van der Waals surface area contributed by atoms with E-state index in [0.29, 0.717) is 5.92 Å². The summed E-state index contributed by atoms with van der Waals surface area (Å²) in [7, 11) is -3.14. The second-order valence-electron chi connectivity index (χ2n) is 5.93. The van der Waals surface area contributed by atoms with Crippen molar-refractivity contribution >= 4 is 10.0 Å². The first-order valence-electron chi connectivity index (χ1n) is 7.47. The Labute approximate surface area is 117 Å². The summed E-state index contributed by atoms with van der Waals surface area (Å²) in [5.41, 5.74) is 0. The lowest BCUT2D eigenvalue weighted by Gasteiger charge is -2.37. The van der Waals surface area contributed by atoms with E-state index in [1.807, 2.05) is 0 Å². The number of piperazine rings is 1. The molecule has 1 heterocycles. The Hall–Kier alpha value is -0.170. The van der Waals surface area contributed by atoms with Gasteiger partial charge in [-0.2, -0.15) is 4.72 Å². The third-order valence-corrected chi connectivity index (χ3v) is 4.92. The van der Waals surface area contributed by atoms with E-state index in [1.54, 1.807) is 0 Å². The predicted molar refractivity (Wildman–Crippen MR) is 77.4 cm³/mol. The Morgan fingerprint density at radius 2 is 1.84 bits per heavy atom. The van der Waals surface area contributed by atoms with Crippen LogP contribution in [-0.2, 0) is 10.0 Å². The molecule has 0 amide bonds. The Kier molecular flexibility index (Phi) is 5.62. The fourth-order valence-corrected chi connectivity index (χ4v) is 3.99. The molecule has 1 atom stereocenters. The minimum absolute atomic E-state index is 0.0137. The van der Waals surface area contributed by atoms with Crippen molar-refractivity contribution < 1.29 is 8.42 Å². The molecule has 0 aromatic carbocycles. The van der Waals surface area contributed by atoms with Crippen LogP contribution in [0.3, 0.4) is 0 Å². The van der Waals surface area contributed by atoms with Gasteiger partial charge in [0.2, 0.25) is 10.0 Å². The third kappa shape index (κ3) is 5.38. The van der Waals surface area contributed by atoms with Gasteiger partial charge in [0.15, 0.2) is 0 Å². The monoisotopic (exact) mass is 289 g/mol. The van der Waals surface area contributed by atoms with Crippen molar-refractivity contribution in [1.29, 1.82) is 0 Å². The normalized spacial score (nSPS) is 25.3. The predicted octanol–water partition coefficient (Wildman–Crippen LogP) is 0.737. The van der Waals surface area contributed by atoms with Crippen molar-refractivity contribution in [3.63, 3.8) is 0 Å². The second-order valence-corrected chi connectivity index (χ2v) is 7.71. The van der Waals surface area contributed by atoms with Crippen LogP contribution in [0.2, 0.25) is 0 Å². The molecule has 2 fully saturated rings. The first-order chi connectivity index (χ1) is 9.04. The molecule has 2 aliphatic rings. The number of nitrogens with zero attached hydrogens (tertiary/aromatic N) is 1. The van der Waals surface area contributed by atoms with E-state index in [-0.39, 0.29) is 6.17 Å². The zero-order chi connectivity index (χ0) is 13.7. The summed E-state index contributed by atoms with van der Waals surface area (Å²) in [5, 5.41) is 3.32. The van der Waals surface area contributed by atoms with Gasteiger partial charge in [-0.3, -0.25) is 4.90 Å². The van der Waals surface area contributed by atoms with Crippen molar-refractivity contribution in [3.05, 3.63) is 0 Å². The van der Waals surface area contributed by atoms with E-state index >= 15 is 0 Å². The maximum absolute atomic E-state index is 11.6. The summed E-state index contributed by atoms with van der Waals surface area (Å²) in [4.78, 5) is 2.28. The Bertz CT molecular complexity index is 360. The van der Waals surface area contributed by atoms with Gasteiger partial charge in [0.05, 0.1) is 12.4 Å². The van der Waals surface area contributed by atoms with Crippen LogP contribution < -0.4 is 10.0 Å². The van der Waals surface area contributed by atoms with E-state index in [0.717, 1.165) is 32.6 Å². The van der Waals surface area contributed by atoms with Gasteiger partial charge in [-0.15, -0.1) is 0 Å². The van der Waals surface area contributed by atoms with Gasteiger partial charge < -0.3 is 5.32 Å². The number of hydrogen-bond acceptors (Lipinski definition) is 4. The summed E-state index contributed by atoms with van der Waals surface area (Å²) in [5.74, 6) is 0.683. The number of rotatable bonds is 5. The fraction of sp³-hybridized carbons (Fsp3) is 1.00. The average Bonchev–Trinajstić information content (AvgIpc) is 2.39. The highest BCUT2D eigenvalue weighted by molar-refractivity contribution is 7.88. The zero-order valence-electron chi connectivity index (χ0n) is 11.9. The summed E-state index contributed by atoms with van der Waals surface area (Å²) < 4.78 is 26.0. The second kappa shape index (κ2) is 7.02. The molecule has 0 aromatic rings. The Balaban J connectivity index is 1.95. The SMILES string of the molecule is CS(=O)(=O)NC(CC1CCCCC1)N1CCNCC1. The standard InChI is InChI=1S/C13H27N3O2S/c1-19(17,18)15-13(16-9-7-14-8-10-16)11-12-5-3-2-4-6-12/h12-15H,2-11H2,1H3. The van der Waals surface area contributed by atoms with Gasteiger partial charge in [0, 0.05) is 26.2 Å². The Morgan fingerprint density at radius 3 is 2.42 bits per heavy atom. The molecule has 1 aliphatic heterocycles. The average molecular weight is 289 g/mol. The van der Waals surface area contributed by atoms with Crippen LogP contribution in [-0.4, -0.2) is 51.9 Å². The van der Waals surface area contributed by atoms with Crippen molar-refractivity contribution in [2.45, 2.75) is 44.7 Å².